The van der Waals surface area contributed by atoms with Gasteiger partial charge in [-0.25, -0.2) is 0 Å². The molecule has 92 valence electrons. The van der Waals surface area contributed by atoms with Gasteiger partial charge in [0.15, 0.2) is 0 Å². The van der Waals surface area contributed by atoms with Gasteiger partial charge in [-0.1, -0.05) is 11.6 Å². The van der Waals surface area contributed by atoms with Crippen molar-refractivity contribution in [2.75, 3.05) is 0 Å². The van der Waals surface area contributed by atoms with Crippen LogP contribution in [-0.2, 0) is 0 Å². The van der Waals surface area contributed by atoms with Gasteiger partial charge in [0, 0.05) is 10.6 Å². The molecule has 2 aromatic carbocycles. The van der Waals surface area contributed by atoms with Gasteiger partial charge in [0.2, 0.25) is 0 Å². The Hall–Kier alpha value is -0.590. The lowest BCUT2D eigenvalue weighted by molar-refractivity contribution is 0.112. The standard InChI is InChI=1S/C13H7BrClIO2/c14-10-5-8(7-17)1-3-12(10)18-13-4-2-9(15)6-11(13)16/h1-7H. The van der Waals surface area contributed by atoms with E-state index in [0.29, 0.717) is 16.3 Å². The summed E-state index contributed by atoms with van der Waals surface area (Å²) in [6.07, 6.45) is 0.792. The van der Waals surface area contributed by atoms with E-state index in [4.69, 9.17) is 16.3 Å². The molecular weight excluding hydrogens is 430 g/mol. The summed E-state index contributed by atoms with van der Waals surface area (Å²) in [5, 5.41) is 0.669. The maximum atomic E-state index is 10.6. The highest BCUT2D eigenvalue weighted by Crippen LogP contribution is 2.33. The van der Waals surface area contributed by atoms with Crippen molar-refractivity contribution in [1.82, 2.24) is 0 Å². The molecule has 0 saturated heterocycles. The Kier molecular flexibility index (Phi) is 4.64. The van der Waals surface area contributed by atoms with Crippen molar-refractivity contribution < 1.29 is 9.53 Å². The van der Waals surface area contributed by atoms with Crippen molar-refractivity contribution in [3.63, 3.8) is 0 Å². The molecule has 0 heterocycles. The number of carbonyl (C=O) groups excluding carboxylic acids is 1. The van der Waals surface area contributed by atoms with Crippen LogP contribution in [0, 0.1) is 3.57 Å². The molecule has 0 bridgehead atoms. The number of ether oxygens (including phenoxy) is 1. The largest absolute Gasteiger partial charge is 0.455 e. The van der Waals surface area contributed by atoms with Crippen LogP contribution in [0.25, 0.3) is 0 Å². The summed E-state index contributed by atoms with van der Waals surface area (Å²) in [5.41, 5.74) is 0.597. The Bertz CT molecular complexity index is 602. The zero-order chi connectivity index (χ0) is 13.1. The van der Waals surface area contributed by atoms with Gasteiger partial charge in [-0.3, -0.25) is 4.79 Å². The highest BCUT2D eigenvalue weighted by molar-refractivity contribution is 14.1. The van der Waals surface area contributed by atoms with E-state index in [9.17, 15) is 4.79 Å². The third-order valence-corrected chi connectivity index (χ3v) is 3.90. The van der Waals surface area contributed by atoms with Crippen LogP contribution in [-0.4, -0.2) is 6.29 Å². The highest BCUT2D eigenvalue weighted by atomic mass is 127. The summed E-state index contributed by atoms with van der Waals surface area (Å²) in [6, 6.07) is 10.6. The highest BCUT2D eigenvalue weighted by Gasteiger charge is 2.07. The van der Waals surface area contributed by atoms with Gasteiger partial charge in [-0.15, -0.1) is 0 Å². The van der Waals surface area contributed by atoms with Crippen molar-refractivity contribution in [1.29, 1.82) is 0 Å². The van der Waals surface area contributed by atoms with Gasteiger partial charge in [0.25, 0.3) is 0 Å². The number of hydrogen-bond donors (Lipinski definition) is 0. The maximum Gasteiger partial charge on any atom is 0.150 e. The molecule has 0 unspecified atom stereocenters. The van der Waals surface area contributed by atoms with Gasteiger partial charge in [0.05, 0.1) is 8.04 Å². The van der Waals surface area contributed by atoms with Crippen LogP contribution in [0.3, 0.4) is 0 Å². The third kappa shape index (κ3) is 3.24. The van der Waals surface area contributed by atoms with E-state index in [1.165, 1.54) is 0 Å². The topological polar surface area (TPSA) is 26.3 Å². The number of carbonyl (C=O) groups is 1. The molecule has 0 spiro atoms. The van der Waals surface area contributed by atoms with E-state index in [0.717, 1.165) is 20.1 Å². The number of benzene rings is 2. The minimum atomic E-state index is 0.597. The van der Waals surface area contributed by atoms with Crippen LogP contribution in [0.15, 0.2) is 40.9 Å². The maximum absolute atomic E-state index is 10.6. The van der Waals surface area contributed by atoms with Gasteiger partial charge in [-0.2, -0.15) is 0 Å². The molecule has 0 N–H and O–H groups in total. The second-order valence-corrected chi connectivity index (χ2v) is 5.94. The summed E-state index contributed by atoms with van der Waals surface area (Å²) >= 11 is 11.4. The smallest absolute Gasteiger partial charge is 0.150 e. The first-order valence-corrected chi connectivity index (χ1v) is 7.23. The number of halogens is 3. The first-order chi connectivity index (χ1) is 8.60. The van der Waals surface area contributed by atoms with Crippen LogP contribution in [0.4, 0.5) is 0 Å². The lowest BCUT2D eigenvalue weighted by Crippen LogP contribution is -1.89. The average Bonchev–Trinajstić information content (AvgIpc) is 2.34. The summed E-state index contributed by atoms with van der Waals surface area (Å²) in [7, 11) is 0. The van der Waals surface area contributed by atoms with E-state index in [1.54, 1.807) is 24.3 Å². The summed E-state index contributed by atoms with van der Waals surface area (Å²) in [5.74, 6) is 1.38. The molecular formula is C13H7BrClIO2. The normalized spacial score (nSPS) is 10.2. The Morgan fingerprint density at radius 2 is 1.89 bits per heavy atom. The Morgan fingerprint density at radius 1 is 1.17 bits per heavy atom. The molecule has 0 radical (unpaired) electrons. The SMILES string of the molecule is O=Cc1ccc(Oc2ccc(Cl)cc2I)c(Br)c1. The van der Waals surface area contributed by atoms with Crippen molar-refractivity contribution in [2.24, 2.45) is 0 Å². The minimum absolute atomic E-state index is 0.597. The van der Waals surface area contributed by atoms with Crippen molar-refractivity contribution in [3.05, 3.63) is 55.0 Å². The van der Waals surface area contributed by atoms with Crippen LogP contribution in [0.1, 0.15) is 10.4 Å². The molecule has 0 aliphatic heterocycles. The van der Waals surface area contributed by atoms with E-state index < -0.39 is 0 Å². The summed E-state index contributed by atoms with van der Waals surface area (Å²) in [6.45, 7) is 0. The molecule has 2 nitrogen and oxygen atoms in total. The first-order valence-electron chi connectivity index (χ1n) is 4.98. The van der Waals surface area contributed by atoms with E-state index in [-0.39, 0.29) is 0 Å². The fraction of sp³-hybridized carbons (Fsp3) is 0. The Balaban J connectivity index is 2.31. The number of aldehydes is 1. The minimum Gasteiger partial charge on any atom is -0.455 e. The predicted octanol–water partition coefficient (Wildman–Crippen LogP) is 5.31. The molecule has 5 heteroatoms. The van der Waals surface area contributed by atoms with Crippen molar-refractivity contribution in [3.8, 4) is 11.5 Å². The fourth-order valence-electron chi connectivity index (χ4n) is 1.35. The molecule has 0 saturated carbocycles. The molecule has 0 aliphatic carbocycles. The molecule has 0 atom stereocenters. The Morgan fingerprint density at radius 3 is 2.50 bits per heavy atom. The second-order valence-electron chi connectivity index (χ2n) is 3.48. The van der Waals surface area contributed by atoms with Crippen molar-refractivity contribution >= 4 is 56.4 Å². The van der Waals surface area contributed by atoms with Crippen LogP contribution in [0.2, 0.25) is 5.02 Å². The second kappa shape index (κ2) is 6.04. The van der Waals surface area contributed by atoms with Crippen LogP contribution in [0.5, 0.6) is 11.5 Å². The summed E-state index contributed by atoms with van der Waals surface area (Å²) in [4.78, 5) is 10.6. The monoisotopic (exact) mass is 436 g/mol. The third-order valence-electron chi connectivity index (χ3n) is 2.21. The molecule has 0 fully saturated rings. The van der Waals surface area contributed by atoms with Gasteiger partial charge >= 0.3 is 0 Å². The molecule has 0 aliphatic rings. The molecule has 18 heavy (non-hydrogen) atoms. The molecule has 0 amide bonds. The van der Waals surface area contributed by atoms with E-state index >= 15 is 0 Å². The molecule has 2 rings (SSSR count). The quantitative estimate of drug-likeness (QED) is 0.481. The lowest BCUT2D eigenvalue weighted by atomic mass is 10.2. The summed E-state index contributed by atoms with van der Waals surface area (Å²) < 4.78 is 7.42. The predicted molar refractivity (Wildman–Crippen MR) is 83.8 cm³/mol. The van der Waals surface area contributed by atoms with Crippen LogP contribution < -0.4 is 4.74 Å². The van der Waals surface area contributed by atoms with Crippen LogP contribution >= 0.6 is 50.1 Å². The van der Waals surface area contributed by atoms with E-state index in [2.05, 4.69) is 38.5 Å². The van der Waals surface area contributed by atoms with Gasteiger partial charge in [0.1, 0.15) is 17.8 Å². The molecule has 0 aromatic heterocycles. The fourth-order valence-corrected chi connectivity index (χ4v) is 2.81. The van der Waals surface area contributed by atoms with Gasteiger partial charge < -0.3 is 4.74 Å². The zero-order valence-electron chi connectivity index (χ0n) is 8.99. The zero-order valence-corrected chi connectivity index (χ0v) is 13.5. The number of rotatable bonds is 3. The number of hydrogen-bond acceptors (Lipinski definition) is 2. The Labute approximate surface area is 132 Å². The van der Waals surface area contributed by atoms with Gasteiger partial charge in [-0.05, 0) is 74.9 Å². The van der Waals surface area contributed by atoms with E-state index in [1.807, 2.05) is 12.1 Å². The first kappa shape index (κ1) is 13.8. The lowest BCUT2D eigenvalue weighted by Gasteiger charge is -2.10. The molecule has 2 aromatic rings. The van der Waals surface area contributed by atoms with Crippen molar-refractivity contribution in [2.45, 2.75) is 0 Å². The average molecular weight is 437 g/mol.